The van der Waals surface area contributed by atoms with Gasteiger partial charge in [-0.05, 0) is 18.6 Å². The first kappa shape index (κ1) is 10.2. The first-order valence-corrected chi connectivity index (χ1v) is 5.26. The van der Waals surface area contributed by atoms with Gasteiger partial charge in [0.15, 0.2) is 0 Å². The predicted molar refractivity (Wildman–Crippen MR) is 61.4 cm³/mol. The van der Waals surface area contributed by atoms with Crippen LogP contribution in [0.15, 0.2) is 18.2 Å². The van der Waals surface area contributed by atoms with Crippen molar-refractivity contribution >= 4 is 11.6 Å². The first-order chi connectivity index (χ1) is 7.31. The summed E-state index contributed by atoms with van der Waals surface area (Å²) in [5.41, 5.74) is 0. The van der Waals surface area contributed by atoms with E-state index >= 15 is 0 Å². The minimum absolute atomic E-state index is 0.463. The van der Waals surface area contributed by atoms with Gasteiger partial charge in [-0.15, -0.1) is 0 Å². The Morgan fingerprint density at radius 3 is 3.07 bits per heavy atom. The fourth-order valence-electron chi connectivity index (χ4n) is 1.77. The van der Waals surface area contributed by atoms with E-state index in [-0.39, 0.29) is 0 Å². The number of aromatic nitrogens is 1. The molecule has 0 spiro atoms. The molecule has 0 saturated carbocycles. The van der Waals surface area contributed by atoms with E-state index in [2.05, 4.69) is 22.2 Å². The smallest absolute Gasteiger partial charge is 0.131 e. The average Bonchev–Trinajstić information content (AvgIpc) is 2.81. The van der Waals surface area contributed by atoms with Crippen molar-refractivity contribution in [3.8, 4) is 0 Å². The number of nitrogens with zero attached hydrogens (tertiary/aromatic N) is 2. The molecule has 82 valence electrons. The van der Waals surface area contributed by atoms with Gasteiger partial charge < -0.3 is 15.0 Å². The molecule has 15 heavy (non-hydrogen) atoms. The van der Waals surface area contributed by atoms with E-state index in [9.17, 15) is 0 Å². The molecular formula is C11H17N3O. The lowest BCUT2D eigenvalue weighted by Crippen LogP contribution is -2.32. The number of hydrogen-bond acceptors (Lipinski definition) is 4. The molecule has 0 radical (unpaired) electrons. The van der Waals surface area contributed by atoms with Gasteiger partial charge >= 0.3 is 0 Å². The fourth-order valence-corrected chi connectivity index (χ4v) is 1.77. The van der Waals surface area contributed by atoms with Crippen LogP contribution in [-0.4, -0.2) is 38.3 Å². The van der Waals surface area contributed by atoms with Crippen LogP contribution in [0.2, 0.25) is 0 Å². The number of hydrogen-bond donors (Lipinski definition) is 1. The van der Waals surface area contributed by atoms with E-state index in [0.29, 0.717) is 6.04 Å². The standard InChI is InChI=1S/C11H17N3O/c1-12-10-4-3-5-11(13-10)14(2)9-6-7-15-8-9/h3-5,9H,6-8H2,1-2H3,(H,12,13). The second kappa shape index (κ2) is 4.49. The van der Waals surface area contributed by atoms with E-state index in [1.165, 1.54) is 0 Å². The third-order valence-electron chi connectivity index (χ3n) is 2.81. The summed E-state index contributed by atoms with van der Waals surface area (Å²) in [6.45, 7) is 1.67. The van der Waals surface area contributed by atoms with Gasteiger partial charge in [0.1, 0.15) is 11.6 Å². The van der Waals surface area contributed by atoms with Crippen LogP contribution in [0.5, 0.6) is 0 Å². The lowest BCUT2D eigenvalue weighted by Gasteiger charge is -2.24. The van der Waals surface area contributed by atoms with Crippen molar-refractivity contribution in [2.75, 3.05) is 37.5 Å². The third kappa shape index (κ3) is 2.21. The van der Waals surface area contributed by atoms with E-state index in [1.807, 2.05) is 25.2 Å². The van der Waals surface area contributed by atoms with Gasteiger partial charge in [0.05, 0.1) is 12.6 Å². The fraction of sp³-hybridized carbons (Fsp3) is 0.545. The molecule has 4 nitrogen and oxygen atoms in total. The molecule has 1 N–H and O–H groups in total. The molecule has 1 aromatic rings. The number of nitrogens with one attached hydrogen (secondary N) is 1. The quantitative estimate of drug-likeness (QED) is 0.811. The van der Waals surface area contributed by atoms with Crippen LogP contribution in [-0.2, 0) is 4.74 Å². The summed E-state index contributed by atoms with van der Waals surface area (Å²) in [4.78, 5) is 6.68. The van der Waals surface area contributed by atoms with Crippen molar-refractivity contribution in [2.45, 2.75) is 12.5 Å². The molecule has 1 fully saturated rings. The molecule has 1 saturated heterocycles. The van der Waals surface area contributed by atoms with Crippen LogP contribution in [0, 0.1) is 0 Å². The predicted octanol–water partition coefficient (Wildman–Crippen LogP) is 1.35. The summed E-state index contributed by atoms with van der Waals surface area (Å²) in [5, 5.41) is 3.04. The molecular weight excluding hydrogens is 190 g/mol. The Bertz CT molecular complexity index is 323. The highest BCUT2D eigenvalue weighted by molar-refractivity contribution is 5.47. The molecule has 4 heteroatoms. The van der Waals surface area contributed by atoms with Crippen molar-refractivity contribution in [1.29, 1.82) is 0 Å². The lowest BCUT2D eigenvalue weighted by atomic mass is 10.2. The molecule has 2 heterocycles. The van der Waals surface area contributed by atoms with Crippen molar-refractivity contribution in [3.05, 3.63) is 18.2 Å². The largest absolute Gasteiger partial charge is 0.379 e. The molecule has 1 aliphatic heterocycles. The van der Waals surface area contributed by atoms with Gasteiger partial charge in [-0.2, -0.15) is 0 Å². The van der Waals surface area contributed by atoms with E-state index in [0.717, 1.165) is 31.3 Å². The molecule has 0 aliphatic carbocycles. The molecule has 0 bridgehead atoms. The number of anilines is 2. The molecule has 1 aromatic heterocycles. The molecule has 1 aliphatic rings. The summed E-state index contributed by atoms with van der Waals surface area (Å²) >= 11 is 0. The molecule has 1 atom stereocenters. The van der Waals surface area contributed by atoms with E-state index in [1.54, 1.807) is 0 Å². The van der Waals surface area contributed by atoms with E-state index in [4.69, 9.17) is 4.74 Å². The highest BCUT2D eigenvalue weighted by atomic mass is 16.5. The van der Waals surface area contributed by atoms with Gasteiger partial charge in [0.25, 0.3) is 0 Å². The van der Waals surface area contributed by atoms with Crippen LogP contribution in [0.4, 0.5) is 11.6 Å². The van der Waals surface area contributed by atoms with Crippen LogP contribution in [0.3, 0.4) is 0 Å². The Balaban J connectivity index is 2.13. The van der Waals surface area contributed by atoms with Crippen molar-refractivity contribution in [1.82, 2.24) is 4.98 Å². The van der Waals surface area contributed by atoms with Crippen molar-refractivity contribution in [3.63, 3.8) is 0 Å². The Hall–Kier alpha value is -1.29. The van der Waals surface area contributed by atoms with Crippen molar-refractivity contribution in [2.24, 2.45) is 0 Å². The summed E-state index contributed by atoms with van der Waals surface area (Å²) < 4.78 is 5.37. The van der Waals surface area contributed by atoms with Crippen LogP contribution in [0.1, 0.15) is 6.42 Å². The van der Waals surface area contributed by atoms with Gasteiger partial charge in [0, 0.05) is 20.7 Å². The normalized spacial score (nSPS) is 20.3. The Morgan fingerprint density at radius 2 is 2.40 bits per heavy atom. The average molecular weight is 207 g/mol. The highest BCUT2D eigenvalue weighted by Crippen LogP contribution is 2.19. The second-order valence-electron chi connectivity index (χ2n) is 3.76. The van der Waals surface area contributed by atoms with Crippen LogP contribution < -0.4 is 10.2 Å². The maximum atomic E-state index is 5.37. The van der Waals surface area contributed by atoms with E-state index < -0.39 is 0 Å². The highest BCUT2D eigenvalue weighted by Gasteiger charge is 2.21. The topological polar surface area (TPSA) is 37.4 Å². The maximum Gasteiger partial charge on any atom is 0.131 e. The lowest BCUT2D eigenvalue weighted by molar-refractivity contribution is 0.193. The molecule has 1 unspecified atom stereocenters. The van der Waals surface area contributed by atoms with Crippen LogP contribution >= 0.6 is 0 Å². The van der Waals surface area contributed by atoms with Gasteiger partial charge in [0.2, 0.25) is 0 Å². The number of ether oxygens (including phenoxy) is 1. The van der Waals surface area contributed by atoms with Crippen LogP contribution in [0.25, 0.3) is 0 Å². The summed E-state index contributed by atoms with van der Waals surface area (Å²) in [7, 11) is 3.95. The SMILES string of the molecule is CNc1cccc(N(C)C2CCOC2)n1. The monoisotopic (exact) mass is 207 g/mol. The molecule has 0 aromatic carbocycles. The number of pyridine rings is 1. The maximum absolute atomic E-state index is 5.37. The minimum atomic E-state index is 0.463. The van der Waals surface area contributed by atoms with Gasteiger partial charge in [-0.3, -0.25) is 0 Å². The summed E-state index contributed by atoms with van der Waals surface area (Å²) in [5.74, 6) is 1.90. The molecule has 2 rings (SSSR count). The summed E-state index contributed by atoms with van der Waals surface area (Å²) in [6, 6.07) is 6.46. The second-order valence-corrected chi connectivity index (χ2v) is 3.76. The third-order valence-corrected chi connectivity index (χ3v) is 2.81. The zero-order chi connectivity index (χ0) is 10.7. The Kier molecular flexibility index (Phi) is 3.06. The minimum Gasteiger partial charge on any atom is -0.379 e. The first-order valence-electron chi connectivity index (χ1n) is 5.26. The number of rotatable bonds is 3. The summed E-state index contributed by atoms with van der Waals surface area (Å²) in [6.07, 6.45) is 1.09. The van der Waals surface area contributed by atoms with Gasteiger partial charge in [-0.25, -0.2) is 4.98 Å². The molecule has 0 amide bonds. The van der Waals surface area contributed by atoms with Gasteiger partial charge in [-0.1, -0.05) is 6.07 Å². The Labute approximate surface area is 90.3 Å². The van der Waals surface area contributed by atoms with Crippen molar-refractivity contribution < 1.29 is 4.74 Å². The zero-order valence-corrected chi connectivity index (χ0v) is 9.23. The Morgan fingerprint density at radius 1 is 1.53 bits per heavy atom. The number of likely N-dealkylation sites (N-methyl/N-ethyl adjacent to an activating group) is 1. The zero-order valence-electron chi connectivity index (χ0n) is 9.23.